The molecule has 2 heteroatoms. The van der Waals surface area contributed by atoms with Crippen LogP contribution in [0.5, 0.6) is 0 Å². The van der Waals surface area contributed by atoms with E-state index < -0.39 is 0 Å². The second kappa shape index (κ2) is 19.4. The molecule has 0 bridgehead atoms. The molecule has 0 aliphatic rings. The van der Waals surface area contributed by atoms with E-state index in [0.29, 0.717) is 0 Å². The number of unbranched alkanes of at least 4 members (excludes halogenated alkanes) is 15. The van der Waals surface area contributed by atoms with E-state index in [2.05, 4.69) is 51.4 Å². The maximum Gasteiger partial charge on any atom is 0.104 e. The van der Waals surface area contributed by atoms with E-state index in [0.717, 1.165) is 11.0 Å². The summed E-state index contributed by atoms with van der Waals surface area (Å²) in [5, 5.41) is 0. The van der Waals surface area contributed by atoms with Crippen LogP contribution in [0.15, 0.2) is 30.3 Å². The van der Waals surface area contributed by atoms with Gasteiger partial charge in [0.05, 0.1) is 33.0 Å². The lowest BCUT2D eigenvalue weighted by atomic mass is 10.0. The van der Waals surface area contributed by atoms with Gasteiger partial charge in [0.2, 0.25) is 0 Å². The highest BCUT2D eigenvalue weighted by molar-refractivity contribution is 5.13. The molecule has 0 aliphatic heterocycles. The van der Waals surface area contributed by atoms with Crippen molar-refractivity contribution < 1.29 is 16.9 Å². The van der Waals surface area contributed by atoms with Gasteiger partial charge in [0, 0.05) is 5.56 Å². The molecule has 1 aromatic carbocycles. The summed E-state index contributed by atoms with van der Waals surface area (Å²) >= 11 is 0. The van der Waals surface area contributed by atoms with Gasteiger partial charge in [-0.25, -0.2) is 0 Å². The molecule has 1 aromatic rings. The molecule has 0 saturated carbocycles. The predicted molar refractivity (Wildman–Crippen MR) is 129 cm³/mol. The lowest BCUT2D eigenvalue weighted by molar-refractivity contribution is -0.903. The van der Waals surface area contributed by atoms with E-state index in [1.165, 1.54) is 115 Å². The van der Waals surface area contributed by atoms with E-state index in [9.17, 15) is 0 Å². The van der Waals surface area contributed by atoms with Gasteiger partial charge in [0.1, 0.15) is 6.54 Å². The second-order valence-corrected chi connectivity index (χ2v) is 9.61. The number of halogens is 1. The predicted octanol–water partition coefficient (Wildman–Crippen LogP) is 7.99. The molecule has 0 saturated heterocycles. The molecule has 0 atom stereocenters. The Balaban J connectivity index is 0.00000784. The minimum Gasteiger partial charge on any atom is -0.325 e. The number of hydrogen-bond donors (Lipinski definition) is 0. The molecule has 170 valence electrons. The maximum absolute atomic E-state index is 2.37. The van der Waals surface area contributed by atoms with Gasteiger partial charge >= 0.3 is 0 Å². The van der Waals surface area contributed by atoms with Crippen molar-refractivity contribution in [3.05, 3.63) is 35.9 Å². The summed E-state index contributed by atoms with van der Waals surface area (Å²) < 4.78 is 1.11. The van der Waals surface area contributed by atoms with Crippen LogP contribution in [0.25, 0.3) is 0 Å². The molecule has 0 unspecified atom stereocenters. The number of rotatable bonds is 19. The lowest BCUT2D eigenvalue weighted by Crippen LogP contribution is -2.39. The molecule has 0 aromatic heterocycles. The van der Waals surface area contributed by atoms with Crippen LogP contribution >= 0.6 is 0 Å². The number of hydrogen-bond acceptors (Lipinski definition) is 0. The summed E-state index contributed by atoms with van der Waals surface area (Å²) in [6.45, 7) is 4.75. The van der Waals surface area contributed by atoms with Crippen molar-refractivity contribution in [2.45, 2.75) is 116 Å². The number of quaternary nitrogens is 1. The van der Waals surface area contributed by atoms with Crippen molar-refractivity contribution in [1.29, 1.82) is 0 Å². The van der Waals surface area contributed by atoms with Crippen molar-refractivity contribution in [3.63, 3.8) is 0 Å². The quantitative estimate of drug-likeness (QED) is 0.155. The van der Waals surface area contributed by atoms with Gasteiger partial charge in [0.25, 0.3) is 0 Å². The smallest absolute Gasteiger partial charge is 0.104 e. The Bertz CT molecular complexity index is 443. The Morgan fingerprint density at radius 1 is 0.552 bits per heavy atom. The van der Waals surface area contributed by atoms with Gasteiger partial charge in [-0.15, -0.1) is 0 Å². The van der Waals surface area contributed by atoms with Crippen LogP contribution in [0, 0.1) is 12.4 Å². The Morgan fingerprint density at radius 2 is 0.931 bits per heavy atom. The number of nitrogens with zero attached hydrogens (tertiary/aromatic N) is 1. The third-order valence-electron chi connectivity index (χ3n) is 6.07. The monoisotopic (exact) mass is 425 g/mol. The fourth-order valence-electron chi connectivity index (χ4n) is 4.24. The Hall–Kier alpha value is -0.530. The van der Waals surface area contributed by atoms with E-state index in [-0.39, 0.29) is 12.4 Å². The van der Waals surface area contributed by atoms with E-state index in [1.807, 2.05) is 0 Å². The van der Waals surface area contributed by atoms with Crippen LogP contribution in [-0.4, -0.2) is 25.1 Å². The fraction of sp³-hybridized carbons (Fsp3) is 0.778. The third kappa shape index (κ3) is 18.0. The molecular formula is C27H52ClN+2. The summed E-state index contributed by atoms with van der Waals surface area (Å²) in [7, 11) is 4.75. The van der Waals surface area contributed by atoms with E-state index in [1.54, 1.807) is 0 Å². The Labute approximate surface area is 189 Å². The molecule has 0 radical (unpaired) electrons. The Kier molecular flexibility index (Phi) is 19.1. The molecule has 1 rings (SSSR count). The highest BCUT2D eigenvalue weighted by atomic mass is 35.5. The molecule has 1 nitrogen and oxygen atoms in total. The minimum atomic E-state index is 0. The van der Waals surface area contributed by atoms with E-state index in [4.69, 9.17) is 0 Å². The maximum atomic E-state index is 2.37. The third-order valence-corrected chi connectivity index (χ3v) is 6.07. The van der Waals surface area contributed by atoms with Gasteiger partial charge in [-0.1, -0.05) is 127 Å². The molecule has 0 fully saturated rings. The zero-order chi connectivity index (χ0) is 20.3. The van der Waals surface area contributed by atoms with Crippen LogP contribution < -0.4 is 0 Å². The topological polar surface area (TPSA) is 0 Å². The largest absolute Gasteiger partial charge is 0.325 e. The average molecular weight is 426 g/mol. The summed E-state index contributed by atoms with van der Waals surface area (Å²) in [6, 6.07) is 10.9. The molecule has 0 heterocycles. The first kappa shape index (κ1) is 28.5. The van der Waals surface area contributed by atoms with Crippen molar-refractivity contribution in [1.82, 2.24) is 0 Å². The van der Waals surface area contributed by atoms with Gasteiger partial charge in [0.15, 0.2) is 0 Å². The first-order valence-corrected chi connectivity index (χ1v) is 12.5. The highest BCUT2D eigenvalue weighted by Crippen LogP contribution is 2.15. The summed E-state index contributed by atoms with van der Waals surface area (Å²) in [4.78, 5) is 0. The van der Waals surface area contributed by atoms with Crippen LogP contribution in [0.2, 0.25) is 0 Å². The molecule has 0 spiro atoms. The summed E-state index contributed by atoms with van der Waals surface area (Å²) in [6.07, 6.45) is 23.2. The SMILES string of the molecule is CCCCCCCCCCCCCCCCCC[N+](C)(C)Cc1ccccc1.[ClH2+]. The van der Waals surface area contributed by atoms with Crippen LogP contribution in [0.4, 0.5) is 0 Å². The van der Waals surface area contributed by atoms with Gasteiger partial charge in [-0.3, -0.25) is 0 Å². The second-order valence-electron chi connectivity index (χ2n) is 9.61. The summed E-state index contributed by atoms with van der Waals surface area (Å²) in [5.41, 5.74) is 1.46. The normalized spacial score (nSPS) is 11.4. The molecule has 0 amide bonds. The van der Waals surface area contributed by atoms with Crippen molar-refractivity contribution in [2.75, 3.05) is 20.6 Å². The zero-order valence-electron chi connectivity index (χ0n) is 20.0. The van der Waals surface area contributed by atoms with Gasteiger partial charge in [-0.2, -0.15) is 0 Å². The highest BCUT2D eigenvalue weighted by Gasteiger charge is 2.14. The van der Waals surface area contributed by atoms with Gasteiger partial charge < -0.3 is 4.48 Å². The fourth-order valence-corrected chi connectivity index (χ4v) is 4.24. The molecule has 0 aliphatic carbocycles. The van der Waals surface area contributed by atoms with Crippen LogP contribution in [0.1, 0.15) is 115 Å². The van der Waals surface area contributed by atoms with Gasteiger partial charge in [-0.05, 0) is 12.8 Å². The zero-order valence-corrected chi connectivity index (χ0v) is 20.9. The lowest BCUT2D eigenvalue weighted by Gasteiger charge is -2.30. The minimum absolute atomic E-state index is 0. The molecule has 0 N–H and O–H groups in total. The molecular weight excluding hydrogens is 374 g/mol. The van der Waals surface area contributed by atoms with Crippen molar-refractivity contribution >= 4 is 0 Å². The Morgan fingerprint density at radius 3 is 1.34 bits per heavy atom. The van der Waals surface area contributed by atoms with E-state index >= 15 is 0 Å². The average Bonchev–Trinajstić information content (AvgIpc) is 2.68. The standard InChI is InChI=1S/C27H50N.ClH2/c1-4-5-6-7-8-9-10-11-12-13-14-15-16-17-18-22-25-28(2,3)26-27-23-20-19-21-24-27;/h19-21,23-24H,4-18,22,25-26H2,1-3H3;1H2/q2*+1. The van der Waals surface area contributed by atoms with Crippen molar-refractivity contribution in [2.24, 2.45) is 0 Å². The van der Waals surface area contributed by atoms with Crippen molar-refractivity contribution in [3.8, 4) is 0 Å². The van der Waals surface area contributed by atoms with Crippen LogP contribution in [0.3, 0.4) is 0 Å². The summed E-state index contributed by atoms with van der Waals surface area (Å²) in [5.74, 6) is 0. The first-order valence-electron chi connectivity index (χ1n) is 12.5. The first-order chi connectivity index (χ1) is 13.6. The molecule has 29 heavy (non-hydrogen) atoms. The number of benzene rings is 1. The van der Waals surface area contributed by atoms with Crippen LogP contribution in [-0.2, 0) is 6.54 Å².